The first kappa shape index (κ1) is 62.9. The van der Waals surface area contributed by atoms with Gasteiger partial charge in [-0.3, -0.25) is 38.4 Å². The Kier molecular flexibility index (Phi) is 22.0. The number of rotatable bonds is 14. The molecule has 0 bridgehead atoms. The second kappa shape index (κ2) is 30.0. The van der Waals surface area contributed by atoms with Crippen LogP contribution in [0.5, 0.6) is 0 Å². The van der Waals surface area contributed by atoms with Crippen molar-refractivity contribution < 1.29 is 47.8 Å². The summed E-state index contributed by atoms with van der Waals surface area (Å²) >= 11 is 0. The van der Waals surface area contributed by atoms with E-state index in [0.29, 0.717) is 56.6 Å². The Morgan fingerprint density at radius 1 is 0.279 bits per heavy atom. The topological polar surface area (TPSA) is 277 Å². The van der Waals surface area contributed by atoms with Crippen molar-refractivity contribution in [2.75, 3.05) is 69.0 Å². The van der Waals surface area contributed by atoms with Crippen LogP contribution in [0.1, 0.15) is 104 Å². The van der Waals surface area contributed by atoms with Gasteiger partial charge in [0.15, 0.2) is 0 Å². The fourth-order valence-electron chi connectivity index (χ4n) is 7.55. The Bertz CT molecular complexity index is 3460. The predicted molar refractivity (Wildman–Crippen MR) is 333 cm³/mol. The van der Waals surface area contributed by atoms with Crippen molar-refractivity contribution in [3.05, 3.63) is 228 Å². The second-order valence-electron chi connectivity index (χ2n) is 21.1. The van der Waals surface area contributed by atoms with Crippen molar-refractivity contribution in [1.29, 1.82) is 0 Å². The van der Waals surface area contributed by atoms with Crippen LogP contribution in [0.3, 0.4) is 0 Å². The van der Waals surface area contributed by atoms with E-state index in [9.17, 15) is 38.4 Å². The molecule has 20 nitrogen and oxygen atoms in total. The normalized spacial score (nSPS) is 11.7. The zero-order valence-corrected chi connectivity index (χ0v) is 48.3. The molecule has 8 N–H and O–H groups in total. The fraction of sp³-hybridized carbons (Fsp3) is 0.182. The summed E-state index contributed by atoms with van der Waals surface area (Å²) in [6.07, 6.45) is 0. The number of aromatic nitrogens is 2. The lowest BCUT2D eigenvalue weighted by atomic mass is 9.95. The van der Waals surface area contributed by atoms with Crippen molar-refractivity contribution >= 4 is 92.8 Å². The summed E-state index contributed by atoms with van der Waals surface area (Å²) in [4.78, 5) is 111. The van der Waals surface area contributed by atoms with Gasteiger partial charge in [0.1, 0.15) is 22.8 Å². The van der Waals surface area contributed by atoms with Crippen LogP contribution in [0.2, 0.25) is 0 Å². The average Bonchev–Trinajstić information content (AvgIpc) is 3.70. The van der Waals surface area contributed by atoms with Crippen LogP contribution < -0.4 is 42.5 Å². The molecule has 0 spiro atoms. The van der Waals surface area contributed by atoms with Gasteiger partial charge in [0.05, 0.1) is 71.9 Å². The fourth-order valence-corrected chi connectivity index (χ4v) is 7.55. The number of para-hydroxylation sites is 8. The number of hydrogen-bond donors (Lipinski definition) is 8. The molecule has 9 rings (SSSR count). The molecule has 440 valence electrons. The van der Waals surface area contributed by atoms with Crippen LogP contribution >= 0.6 is 0 Å². The van der Waals surface area contributed by atoms with Crippen LogP contribution in [-0.4, -0.2) is 83.7 Å². The van der Waals surface area contributed by atoms with E-state index in [4.69, 9.17) is 9.47 Å². The van der Waals surface area contributed by atoms with Crippen molar-refractivity contribution in [3.8, 4) is 0 Å². The van der Waals surface area contributed by atoms with Gasteiger partial charge in [-0.2, -0.15) is 0 Å². The van der Waals surface area contributed by atoms with E-state index in [-0.39, 0.29) is 46.4 Å². The molecular weight excluding hydrogens is 1090 g/mol. The molecule has 1 aliphatic rings. The van der Waals surface area contributed by atoms with Crippen molar-refractivity contribution in [3.63, 3.8) is 0 Å². The summed E-state index contributed by atoms with van der Waals surface area (Å²) in [5, 5.41) is 22.2. The Balaban J connectivity index is 0.000000224. The Morgan fingerprint density at radius 3 is 0.709 bits per heavy atom. The number of nitrogens with one attached hydrogen (secondary N) is 8. The molecule has 1 saturated heterocycles. The molecule has 0 saturated carbocycles. The number of hydrogen-bond acceptors (Lipinski definition) is 12. The predicted octanol–water partition coefficient (Wildman–Crippen LogP) is 11.7. The number of nitrogens with zero attached hydrogens (tertiary/aromatic N) is 2. The van der Waals surface area contributed by atoms with E-state index in [1.807, 2.05) is 12.1 Å². The Labute approximate surface area is 497 Å². The summed E-state index contributed by atoms with van der Waals surface area (Å²) < 4.78 is 9.89. The van der Waals surface area contributed by atoms with Gasteiger partial charge in [-0.1, -0.05) is 139 Å². The summed E-state index contributed by atoms with van der Waals surface area (Å²) in [5.74, 6) is -3.28. The first-order chi connectivity index (χ1) is 41.2. The molecular formula is C66H66N10O10. The van der Waals surface area contributed by atoms with E-state index < -0.39 is 34.5 Å². The maximum Gasteiger partial charge on any atom is 0.274 e. The summed E-state index contributed by atoms with van der Waals surface area (Å²) in [7, 11) is 0. The van der Waals surface area contributed by atoms with Gasteiger partial charge in [0.25, 0.3) is 35.4 Å². The zero-order chi connectivity index (χ0) is 61.6. The molecule has 0 unspecified atom stereocenters. The number of pyridine rings is 2. The number of carbonyl (C=O) groups is 8. The molecule has 8 aromatic rings. The summed E-state index contributed by atoms with van der Waals surface area (Å²) in [5.41, 5.74) is 2.98. The average molecular weight is 1160 g/mol. The molecule has 20 heteroatoms. The molecule has 6 aromatic carbocycles. The minimum atomic E-state index is -0.622. The van der Waals surface area contributed by atoms with Crippen LogP contribution in [0, 0.1) is 10.8 Å². The first-order valence-electron chi connectivity index (χ1n) is 27.3. The minimum Gasteiger partial charge on any atom is -0.377 e. The smallest absolute Gasteiger partial charge is 0.274 e. The van der Waals surface area contributed by atoms with Gasteiger partial charge in [0.2, 0.25) is 11.8 Å². The molecule has 2 aromatic heterocycles. The molecule has 0 aliphatic carbocycles. The number of amides is 8. The van der Waals surface area contributed by atoms with E-state index in [0.717, 1.165) is 26.4 Å². The molecule has 0 radical (unpaired) electrons. The molecule has 1 fully saturated rings. The van der Waals surface area contributed by atoms with Crippen LogP contribution in [0.15, 0.2) is 194 Å². The number of carbonyl (C=O) groups excluding carboxylic acids is 8. The van der Waals surface area contributed by atoms with Gasteiger partial charge >= 0.3 is 0 Å². The number of ether oxygens (including phenoxy) is 2. The maximum absolute atomic E-state index is 13.1. The standard InChI is InChI=1S/2C31H29N5O4.C4H8O2/c2*1-31(2,3)30(40)36-24-17-10-9-16-23(24)35-29(39)26-19-11-18-25(32-26)28(38)34-22-15-8-7-14-21(22)33-27(37)20-12-5-4-6-13-20;1-2-6-4-3-5-1/h2*4-19H,1-3H3,(H,33,37)(H,34,38)(H,35,39)(H,36,40);1-4H2. The minimum absolute atomic E-state index is 0.00570. The number of anilines is 8. The summed E-state index contributed by atoms with van der Waals surface area (Å²) in [6, 6.07) is 53.7. The molecule has 3 heterocycles. The largest absolute Gasteiger partial charge is 0.377 e. The van der Waals surface area contributed by atoms with Crippen molar-refractivity contribution in [1.82, 2.24) is 9.97 Å². The number of benzene rings is 6. The van der Waals surface area contributed by atoms with Gasteiger partial charge in [-0.05, 0) is 97.1 Å². The highest BCUT2D eigenvalue weighted by Gasteiger charge is 2.25. The third-order valence-corrected chi connectivity index (χ3v) is 12.3. The Hall–Kier alpha value is -10.7. The monoisotopic (exact) mass is 1160 g/mol. The highest BCUT2D eigenvalue weighted by atomic mass is 16.6. The SMILES string of the molecule is C1COCCO1.CC(C)(C)C(=O)Nc1ccccc1NC(=O)c1cccc(C(=O)Nc2ccccc2NC(=O)c2ccccc2)n1.CC(C)(C)C(=O)Nc1ccccc1NC(=O)c1cccc(C(=O)Nc2ccccc2NC(=O)c2ccccc2)n1. The van der Waals surface area contributed by atoms with Crippen LogP contribution in [0.25, 0.3) is 0 Å². The van der Waals surface area contributed by atoms with Crippen LogP contribution in [0.4, 0.5) is 45.5 Å². The second-order valence-corrected chi connectivity index (χ2v) is 21.1. The van der Waals surface area contributed by atoms with E-state index in [1.54, 1.807) is 199 Å². The van der Waals surface area contributed by atoms with Gasteiger partial charge in [-0.25, -0.2) is 9.97 Å². The lowest BCUT2D eigenvalue weighted by Gasteiger charge is -2.19. The van der Waals surface area contributed by atoms with Crippen LogP contribution in [-0.2, 0) is 19.1 Å². The third-order valence-electron chi connectivity index (χ3n) is 12.3. The Morgan fingerprint density at radius 2 is 0.488 bits per heavy atom. The maximum atomic E-state index is 13.1. The van der Waals surface area contributed by atoms with Gasteiger partial charge < -0.3 is 52.0 Å². The first-order valence-corrected chi connectivity index (χ1v) is 27.3. The zero-order valence-electron chi connectivity index (χ0n) is 48.3. The van der Waals surface area contributed by atoms with E-state index in [1.165, 1.54) is 24.3 Å². The van der Waals surface area contributed by atoms with E-state index in [2.05, 4.69) is 52.5 Å². The lowest BCUT2D eigenvalue weighted by molar-refractivity contribution is -0.123. The quantitative estimate of drug-likeness (QED) is 0.0505. The lowest BCUT2D eigenvalue weighted by Crippen LogP contribution is -2.28. The molecule has 86 heavy (non-hydrogen) atoms. The molecule has 8 amide bonds. The highest BCUT2D eigenvalue weighted by molar-refractivity contribution is 6.13. The van der Waals surface area contributed by atoms with Gasteiger partial charge in [0, 0.05) is 22.0 Å². The van der Waals surface area contributed by atoms with Gasteiger partial charge in [-0.15, -0.1) is 0 Å². The third kappa shape index (κ3) is 18.7. The van der Waals surface area contributed by atoms with Crippen molar-refractivity contribution in [2.45, 2.75) is 41.5 Å². The highest BCUT2D eigenvalue weighted by Crippen LogP contribution is 2.28. The van der Waals surface area contributed by atoms with E-state index >= 15 is 0 Å². The van der Waals surface area contributed by atoms with Crippen molar-refractivity contribution in [2.24, 2.45) is 10.8 Å². The molecule has 0 atom stereocenters. The summed E-state index contributed by atoms with van der Waals surface area (Å²) in [6.45, 7) is 13.9. The molecule has 1 aliphatic heterocycles.